The smallest absolute Gasteiger partial charge is 0.258 e. The largest absolute Gasteiger partial charge is 0.505 e. The van der Waals surface area contributed by atoms with Crippen LogP contribution in [0.4, 0.5) is 13.2 Å². The zero-order valence-electron chi connectivity index (χ0n) is 10.0. The summed E-state index contributed by atoms with van der Waals surface area (Å²) in [5.41, 5.74) is -0.0798. The van der Waals surface area contributed by atoms with Crippen LogP contribution in [0.1, 0.15) is 11.6 Å². The highest BCUT2D eigenvalue weighted by molar-refractivity contribution is 9.10. The fraction of sp³-hybridized carbons (Fsp3) is 0.500. The molecule has 0 amide bonds. The lowest BCUT2D eigenvalue weighted by Crippen LogP contribution is -2.46. The number of phenols is 1. The van der Waals surface area contributed by atoms with Crippen LogP contribution in [0.3, 0.4) is 0 Å². The first kappa shape index (κ1) is 14.6. The molecule has 2 N–H and O–H groups in total. The van der Waals surface area contributed by atoms with Gasteiger partial charge in [0.15, 0.2) is 11.6 Å². The van der Waals surface area contributed by atoms with E-state index in [9.17, 15) is 18.3 Å². The molecule has 1 saturated heterocycles. The minimum absolute atomic E-state index is 0.0798. The molecular weight excluding hydrogens is 325 g/mol. The molecule has 1 fully saturated rings. The fourth-order valence-electron chi connectivity index (χ4n) is 2.26. The number of halogens is 4. The van der Waals surface area contributed by atoms with E-state index in [-0.39, 0.29) is 5.56 Å². The van der Waals surface area contributed by atoms with Crippen LogP contribution in [-0.4, -0.2) is 42.6 Å². The standard InChI is InChI=1S/C12H14BrF3N2O/c13-7-5-8(11(19)9(14)6-7)10(12(15)16)18-3-1-17-2-4-18/h5-6,10,12,17,19H,1-4H2/t10-/m1/s1. The SMILES string of the molecule is Oc1c(F)cc(Br)cc1[C@H](C(F)F)N1CCNCC1. The number of nitrogens with zero attached hydrogens (tertiary/aromatic N) is 1. The molecule has 7 heteroatoms. The number of phenolic OH excluding ortho intramolecular Hbond substituents is 1. The lowest BCUT2D eigenvalue weighted by molar-refractivity contribution is 0.0167. The summed E-state index contributed by atoms with van der Waals surface area (Å²) in [6, 6.07) is 1.10. The molecule has 0 aromatic heterocycles. The van der Waals surface area contributed by atoms with Gasteiger partial charge in [-0.1, -0.05) is 15.9 Å². The van der Waals surface area contributed by atoms with Gasteiger partial charge < -0.3 is 10.4 Å². The number of alkyl halides is 2. The monoisotopic (exact) mass is 338 g/mol. The highest BCUT2D eigenvalue weighted by Crippen LogP contribution is 2.37. The van der Waals surface area contributed by atoms with Crippen molar-refractivity contribution in [3.05, 3.63) is 28.0 Å². The van der Waals surface area contributed by atoms with Gasteiger partial charge >= 0.3 is 0 Å². The molecule has 3 nitrogen and oxygen atoms in total. The average Bonchev–Trinajstić information content (AvgIpc) is 2.36. The van der Waals surface area contributed by atoms with Crippen LogP contribution in [0, 0.1) is 5.82 Å². The summed E-state index contributed by atoms with van der Waals surface area (Å²) >= 11 is 3.06. The van der Waals surface area contributed by atoms with Crippen molar-refractivity contribution in [3.8, 4) is 5.75 Å². The Morgan fingerprint density at radius 3 is 2.47 bits per heavy atom. The number of rotatable bonds is 3. The molecule has 1 aliphatic heterocycles. The van der Waals surface area contributed by atoms with Gasteiger partial charge in [-0.2, -0.15) is 0 Å². The topological polar surface area (TPSA) is 35.5 Å². The Bertz CT molecular complexity index is 453. The molecule has 1 aromatic rings. The molecule has 0 saturated carbocycles. The van der Waals surface area contributed by atoms with Crippen LogP contribution in [-0.2, 0) is 0 Å². The van der Waals surface area contributed by atoms with Crippen molar-refractivity contribution < 1.29 is 18.3 Å². The number of hydrogen-bond donors (Lipinski definition) is 2. The molecule has 0 radical (unpaired) electrons. The van der Waals surface area contributed by atoms with E-state index in [1.807, 2.05) is 0 Å². The minimum Gasteiger partial charge on any atom is -0.505 e. The van der Waals surface area contributed by atoms with Gasteiger partial charge in [0.1, 0.15) is 6.04 Å². The number of nitrogens with one attached hydrogen (secondary N) is 1. The minimum atomic E-state index is -2.70. The van der Waals surface area contributed by atoms with E-state index in [2.05, 4.69) is 21.2 Å². The maximum atomic E-state index is 13.5. The van der Waals surface area contributed by atoms with E-state index >= 15 is 0 Å². The third-order valence-electron chi connectivity index (χ3n) is 3.16. The summed E-state index contributed by atoms with van der Waals surface area (Å²) in [4.78, 5) is 1.56. The molecule has 1 aliphatic rings. The zero-order chi connectivity index (χ0) is 14.0. The van der Waals surface area contributed by atoms with Crippen molar-refractivity contribution in [1.82, 2.24) is 10.2 Å². The molecule has 0 spiro atoms. The lowest BCUT2D eigenvalue weighted by atomic mass is 10.0. The molecule has 0 bridgehead atoms. The average molecular weight is 339 g/mol. The van der Waals surface area contributed by atoms with Crippen molar-refractivity contribution in [1.29, 1.82) is 0 Å². The summed E-state index contributed by atoms with van der Waals surface area (Å²) in [7, 11) is 0. The molecule has 0 unspecified atom stereocenters. The Kier molecular flexibility index (Phi) is 4.70. The van der Waals surface area contributed by atoms with E-state index in [1.165, 1.54) is 6.07 Å². The number of aromatic hydroxyl groups is 1. The number of hydrogen-bond acceptors (Lipinski definition) is 3. The quantitative estimate of drug-likeness (QED) is 0.888. The summed E-state index contributed by atoms with van der Waals surface area (Å²) in [6.07, 6.45) is -2.70. The maximum absolute atomic E-state index is 13.5. The first-order chi connectivity index (χ1) is 9.00. The van der Waals surface area contributed by atoms with Gasteiger partial charge in [-0.15, -0.1) is 0 Å². The van der Waals surface area contributed by atoms with Crippen LogP contribution >= 0.6 is 15.9 Å². The zero-order valence-corrected chi connectivity index (χ0v) is 11.6. The van der Waals surface area contributed by atoms with Crippen molar-refractivity contribution in [2.45, 2.75) is 12.5 Å². The van der Waals surface area contributed by atoms with Gasteiger partial charge in [0.2, 0.25) is 0 Å². The molecule has 1 atom stereocenters. The second-order valence-corrected chi connectivity index (χ2v) is 5.31. The predicted octanol–water partition coefficient (Wildman–Crippen LogP) is 2.51. The van der Waals surface area contributed by atoms with Crippen molar-refractivity contribution in [3.63, 3.8) is 0 Å². The van der Waals surface area contributed by atoms with E-state index in [0.29, 0.717) is 30.7 Å². The van der Waals surface area contributed by atoms with Crippen molar-refractivity contribution in [2.24, 2.45) is 0 Å². The molecule has 106 valence electrons. The summed E-state index contributed by atoms with van der Waals surface area (Å²) in [5, 5.41) is 12.8. The van der Waals surface area contributed by atoms with E-state index in [1.54, 1.807) is 4.90 Å². The van der Waals surface area contributed by atoms with Crippen LogP contribution in [0.15, 0.2) is 16.6 Å². The van der Waals surface area contributed by atoms with E-state index in [0.717, 1.165) is 6.07 Å². The molecule has 1 heterocycles. The third kappa shape index (κ3) is 3.21. The second-order valence-electron chi connectivity index (χ2n) is 4.39. The maximum Gasteiger partial charge on any atom is 0.258 e. The fourth-order valence-corrected chi connectivity index (χ4v) is 2.71. The molecule has 2 rings (SSSR count). The lowest BCUT2D eigenvalue weighted by Gasteiger charge is -2.35. The van der Waals surface area contributed by atoms with Gasteiger partial charge in [-0.3, -0.25) is 4.90 Å². The first-order valence-electron chi connectivity index (χ1n) is 5.91. The number of benzene rings is 1. The van der Waals surface area contributed by atoms with Gasteiger partial charge in [0.25, 0.3) is 6.43 Å². The second kappa shape index (κ2) is 6.11. The van der Waals surface area contributed by atoms with Gasteiger partial charge in [-0.25, -0.2) is 13.2 Å². The molecule has 19 heavy (non-hydrogen) atoms. The van der Waals surface area contributed by atoms with Crippen LogP contribution in [0.2, 0.25) is 0 Å². The van der Waals surface area contributed by atoms with Crippen molar-refractivity contribution in [2.75, 3.05) is 26.2 Å². The summed E-state index contributed by atoms with van der Waals surface area (Å²) in [5.74, 6) is -1.60. The van der Waals surface area contributed by atoms with Gasteiger partial charge in [0.05, 0.1) is 0 Å². The highest BCUT2D eigenvalue weighted by atomic mass is 79.9. The number of piperazine rings is 1. The molecular formula is C12H14BrF3N2O. The summed E-state index contributed by atoms with van der Waals surface area (Å²) in [6.45, 7) is 2.06. The van der Waals surface area contributed by atoms with Gasteiger partial charge in [0, 0.05) is 36.2 Å². The Labute approximate surface area is 117 Å². The Balaban J connectivity index is 2.38. The van der Waals surface area contributed by atoms with Crippen LogP contribution < -0.4 is 5.32 Å². The van der Waals surface area contributed by atoms with E-state index < -0.39 is 24.0 Å². The van der Waals surface area contributed by atoms with Crippen LogP contribution in [0.25, 0.3) is 0 Å². The summed E-state index contributed by atoms with van der Waals surface area (Å²) < 4.78 is 40.4. The van der Waals surface area contributed by atoms with Crippen molar-refractivity contribution >= 4 is 15.9 Å². The molecule has 0 aliphatic carbocycles. The first-order valence-corrected chi connectivity index (χ1v) is 6.71. The van der Waals surface area contributed by atoms with Gasteiger partial charge in [-0.05, 0) is 12.1 Å². The third-order valence-corrected chi connectivity index (χ3v) is 3.62. The molecule has 1 aromatic carbocycles. The van der Waals surface area contributed by atoms with Crippen LogP contribution in [0.5, 0.6) is 5.75 Å². The Morgan fingerprint density at radius 1 is 1.26 bits per heavy atom. The normalized spacial score (nSPS) is 18.8. The highest BCUT2D eigenvalue weighted by Gasteiger charge is 2.33. The Hall–Kier alpha value is -0.790. The predicted molar refractivity (Wildman–Crippen MR) is 69.0 cm³/mol. The Morgan fingerprint density at radius 2 is 1.89 bits per heavy atom. The van der Waals surface area contributed by atoms with E-state index in [4.69, 9.17) is 0 Å².